The smallest absolute Gasteiger partial charge is 0.191 e. The van der Waals surface area contributed by atoms with Crippen LogP contribution in [0.25, 0.3) is 0 Å². The van der Waals surface area contributed by atoms with Crippen molar-refractivity contribution in [2.24, 2.45) is 4.99 Å². The van der Waals surface area contributed by atoms with Gasteiger partial charge >= 0.3 is 0 Å². The molecule has 0 spiro atoms. The van der Waals surface area contributed by atoms with Crippen LogP contribution in [0.3, 0.4) is 0 Å². The van der Waals surface area contributed by atoms with Crippen LogP contribution in [0.1, 0.15) is 31.4 Å². The first-order valence-electron chi connectivity index (χ1n) is 9.26. The second-order valence-corrected chi connectivity index (χ2v) is 8.70. The molecule has 0 aliphatic carbocycles. The van der Waals surface area contributed by atoms with E-state index in [9.17, 15) is 8.42 Å². The first-order chi connectivity index (χ1) is 12.9. The Morgan fingerprint density at radius 3 is 2.30 bits per heavy atom. The van der Waals surface area contributed by atoms with E-state index in [2.05, 4.69) is 46.8 Å². The molecule has 0 heterocycles. The van der Waals surface area contributed by atoms with Gasteiger partial charge in [-0.3, -0.25) is 0 Å². The largest absolute Gasteiger partial charge is 0.357 e. The predicted molar refractivity (Wildman–Crippen MR) is 112 cm³/mol. The molecule has 0 aliphatic heterocycles. The molecule has 146 valence electrons. The van der Waals surface area contributed by atoms with Gasteiger partial charge in [-0.05, 0) is 49.9 Å². The van der Waals surface area contributed by atoms with Crippen LogP contribution in [0.15, 0.2) is 64.5 Å². The number of rotatable bonds is 8. The zero-order valence-corrected chi connectivity index (χ0v) is 17.1. The third kappa shape index (κ3) is 7.43. The highest BCUT2D eigenvalue weighted by molar-refractivity contribution is 7.90. The summed E-state index contributed by atoms with van der Waals surface area (Å²) in [5.74, 6) is 0.769. The molecule has 0 radical (unpaired) electrons. The summed E-state index contributed by atoms with van der Waals surface area (Å²) in [6.07, 6.45) is 3.24. The monoisotopic (exact) mass is 387 g/mol. The Bertz CT molecular complexity index is 831. The quantitative estimate of drug-likeness (QED) is 0.539. The van der Waals surface area contributed by atoms with Gasteiger partial charge < -0.3 is 10.6 Å². The lowest BCUT2D eigenvalue weighted by molar-refractivity contribution is 0.593. The number of hydrogen-bond acceptors (Lipinski definition) is 3. The summed E-state index contributed by atoms with van der Waals surface area (Å²) >= 11 is 0. The molecule has 2 N–H and O–H groups in total. The van der Waals surface area contributed by atoms with E-state index in [1.54, 1.807) is 12.1 Å². The van der Waals surface area contributed by atoms with Crippen molar-refractivity contribution in [1.82, 2.24) is 10.6 Å². The van der Waals surface area contributed by atoms with Crippen LogP contribution in [0.5, 0.6) is 0 Å². The Morgan fingerprint density at radius 2 is 1.70 bits per heavy atom. The van der Waals surface area contributed by atoms with Gasteiger partial charge in [0, 0.05) is 18.8 Å². The molecule has 6 heteroatoms. The van der Waals surface area contributed by atoms with Crippen LogP contribution < -0.4 is 10.6 Å². The fraction of sp³-hybridized carbons (Fsp3) is 0.381. The summed E-state index contributed by atoms with van der Waals surface area (Å²) < 4.78 is 23.1. The molecule has 0 saturated heterocycles. The van der Waals surface area contributed by atoms with E-state index in [1.807, 2.05) is 25.1 Å². The van der Waals surface area contributed by atoms with Gasteiger partial charge in [-0.2, -0.15) is 0 Å². The first-order valence-corrected chi connectivity index (χ1v) is 11.2. The minimum Gasteiger partial charge on any atom is -0.357 e. The Morgan fingerprint density at radius 1 is 1.04 bits per heavy atom. The SMILES string of the molecule is CCNC(=NCc1ccc(S(C)(=O)=O)cc1)NC(C)CCc1ccccc1. The van der Waals surface area contributed by atoms with Gasteiger partial charge in [0.05, 0.1) is 11.4 Å². The fourth-order valence-corrected chi connectivity index (χ4v) is 3.30. The normalized spacial score (nSPS) is 13.2. The molecular formula is C21H29N3O2S. The predicted octanol–water partition coefficient (Wildman–Crippen LogP) is 3.17. The van der Waals surface area contributed by atoms with Gasteiger partial charge in [0.2, 0.25) is 0 Å². The summed E-state index contributed by atoms with van der Waals surface area (Å²) in [6.45, 7) is 5.46. The Labute approximate surface area is 162 Å². The van der Waals surface area contributed by atoms with E-state index >= 15 is 0 Å². The zero-order valence-electron chi connectivity index (χ0n) is 16.3. The van der Waals surface area contributed by atoms with E-state index in [-0.39, 0.29) is 6.04 Å². The van der Waals surface area contributed by atoms with Gasteiger partial charge in [0.25, 0.3) is 0 Å². The lowest BCUT2D eigenvalue weighted by Crippen LogP contribution is -2.42. The molecule has 2 rings (SSSR count). The minimum absolute atomic E-state index is 0.288. The second-order valence-electron chi connectivity index (χ2n) is 6.68. The molecular weight excluding hydrogens is 358 g/mol. The van der Waals surface area contributed by atoms with Crippen molar-refractivity contribution < 1.29 is 8.42 Å². The van der Waals surface area contributed by atoms with Crippen molar-refractivity contribution in [3.8, 4) is 0 Å². The molecule has 1 atom stereocenters. The summed E-state index contributed by atoms with van der Waals surface area (Å²) in [7, 11) is -3.17. The molecule has 2 aromatic rings. The summed E-state index contributed by atoms with van der Waals surface area (Å²) in [4.78, 5) is 4.94. The Kier molecular flexibility index (Phi) is 7.85. The second kappa shape index (κ2) is 10.1. The number of aliphatic imine (C=N–C) groups is 1. The molecule has 0 amide bonds. The first kappa shape index (κ1) is 21.0. The van der Waals surface area contributed by atoms with Crippen molar-refractivity contribution in [3.05, 3.63) is 65.7 Å². The average Bonchev–Trinajstić information content (AvgIpc) is 2.65. The number of nitrogens with one attached hydrogen (secondary N) is 2. The van der Waals surface area contributed by atoms with E-state index in [4.69, 9.17) is 0 Å². The summed E-state index contributed by atoms with van der Waals surface area (Å²) in [5.41, 5.74) is 2.30. The van der Waals surface area contributed by atoms with Crippen LogP contribution in [0.2, 0.25) is 0 Å². The summed E-state index contributed by atoms with van der Waals surface area (Å²) in [5, 5.41) is 6.70. The van der Waals surface area contributed by atoms with Gasteiger partial charge in [0.1, 0.15) is 0 Å². The minimum atomic E-state index is -3.17. The number of guanidine groups is 1. The number of nitrogens with zero attached hydrogens (tertiary/aromatic N) is 1. The molecule has 27 heavy (non-hydrogen) atoms. The molecule has 2 aromatic carbocycles. The van der Waals surface area contributed by atoms with E-state index in [1.165, 1.54) is 11.8 Å². The Hall–Kier alpha value is -2.34. The van der Waals surface area contributed by atoms with Gasteiger partial charge in [-0.1, -0.05) is 42.5 Å². The van der Waals surface area contributed by atoms with Crippen LogP contribution in [-0.4, -0.2) is 33.2 Å². The topological polar surface area (TPSA) is 70.6 Å². The molecule has 0 fully saturated rings. The molecule has 0 saturated carbocycles. The van der Waals surface area contributed by atoms with Crippen molar-refractivity contribution in [2.45, 2.75) is 44.2 Å². The van der Waals surface area contributed by atoms with Crippen LogP contribution in [-0.2, 0) is 22.8 Å². The van der Waals surface area contributed by atoms with Crippen molar-refractivity contribution in [2.75, 3.05) is 12.8 Å². The van der Waals surface area contributed by atoms with Gasteiger partial charge in [0.15, 0.2) is 15.8 Å². The third-order valence-electron chi connectivity index (χ3n) is 4.21. The van der Waals surface area contributed by atoms with Crippen LogP contribution in [0.4, 0.5) is 0 Å². The lowest BCUT2D eigenvalue weighted by atomic mass is 10.1. The van der Waals surface area contributed by atoms with Crippen molar-refractivity contribution in [3.63, 3.8) is 0 Å². The third-order valence-corrected chi connectivity index (χ3v) is 5.34. The standard InChI is InChI=1S/C21H29N3O2S/c1-4-22-21(24-17(2)10-11-18-8-6-5-7-9-18)23-16-19-12-14-20(15-13-19)27(3,25)26/h5-9,12-15,17H,4,10-11,16H2,1-3H3,(H2,22,23,24). The molecule has 5 nitrogen and oxygen atoms in total. The molecule has 0 aromatic heterocycles. The van der Waals surface area contributed by atoms with E-state index < -0.39 is 9.84 Å². The average molecular weight is 388 g/mol. The maximum atomic E-state index is 11.5. The highest BCUT2D eigenvalue weighted by atomic mass is 32.2. The molecule has 0 aliphatic rings. The highest BCUT2D eigenvalue weighted by Gasteiger charge is 2.07. The van der Waals surface area contributed by atoms with Crippen molar-refractivity contribution >= 4 is 15.8 Å². The van der Waals surface area contributed by atoms with E-state index in [0.29, 0.717) is 11.4 Å². The number of sulfone groups is 1. The zero-order chi connectivity index (χ0) is 19.7. The maximum Gasteiger partial charge on any atom is 0.191 e. The van der Waals surface area contributed by atoms with Crippen LogP contribution in [0, 0.1) is 0 Å². The van der Waals surface area contributed by atoms with Gasteiger partial charge in [-0.25, -0.2) is 13.4 Å². The Balaban J connectivity index is 1.92. The number of hydrogen-bond donors (Lipinski definition) is 2. The highest BCUT2D eigenvalue weighted by Crippen LogP contribution is 2.11. The van der Waals surface area contributed by atoms with E-state index in [0.717, 1.165) is 30.9 Å². The maximum absolute atomic E-state index is 11.5. The lowest BCUT2D eigenvalue weighted by Gasteiger charge is -2.18. The molecule has 0 bridgehead atoms. The van der Waals surface area contributed by atoms with Crippen molar-refractivity contribution in [1.29, 1.82) is 0 Å². The number of benzene rings is 2. The fourth-order valence-electron chi connectivity index (χ4n) is 2.67. The van der Waals surface area contributed by atoms with Gasteiger partial charge in [-0.15, -0.1) is 0 Å². The summed E-state index contributed by atoms with van der Waals surface area (Å²) in [6, 6.07) is 17.6. The number of aryl methyl sites for hydroxylation is 1. The van der Waals surface area contributed by atoms with Crippen LogP contribution >= 0.6 is 0 Å². The molecule has 1 unspecified atom stereocenters.